The van der Waals surface area contributed by atoms with E-state index >= 15 is 0 Å². The third-order valence-electron chi connectivity index (χ3n) is 4.52. The normalized spacial score (nSPS) is 15.0. The minimum Gasteiger partial charge on any atom is -0.466 e. The number of carbonyl (C=O) groups excluding carboxylic acids is 2. The van der Waals surface area contributed by atoms with Crippen LogP contribution < -0.4 is 10.2 Å². The van der Waals surface area contributed by atoms with Gasteiger partial charge in [-0.1, -0.05) is 0 Å². The number of nitrogens with one attached hydrogen (secondary N) is 1. The molecule has 1 aromatic carbocycles. The van der Waals surface area contributed by atoms with E-state index in [1.807, 2.05) is 49.3 Å². The monoisotopic (exact) mass is 370 g/mol. The van der Waals surface area contributed by atoms with E-state index in [-0.39, 0.29) is 23.4 Å². The van der Waals surface area contributed by atoms with Crippen molar-refractivity contribution in [1.29, 1.82) is 5.26 Å². The molecule has 1 heterocycles. The van der Waals surface area contributed by atoms with E-state index in [2.05, 4.69) is 5.32 Å². The maximum Gasteiger partial charge on any atom is 0.309 e. The van der Waals surface area contributed by atoms with E-state index in [1.54, 1.807) is 11.8 Å². The average Bonchev–Trinajstić information content (AvgIpc) is 2.69. The molecule has 0 aromatic heterocycles. The van der Waals surface area contributed by atoms with Gasteiger partial charge in [-0.3, -0.25) is 9.59 Å². The Morgan fingerprint density at radius 2 is 1.93 bits per heavy atom. The Balaban J connectivity index is 1.94. The fraction of sp³-hybridized carbons (Fsp3) is 0.450. The quantitative estimate of drug-likeness (QED) is 0.470. The van der Waals surface area contributed by atoms with Crippen LogP contribution in [-0.2, 0) is 14.3 Å². The van der Waals surface area contributed by atoms with E-state index in [9.17, 15) is 14.9 Å². The molecule has 144 valence electrons. The Morgan fingerprint density at radius 1 is 1.30 bits per heavy atom. The molecule has 0 aliphatic carbocycles. The van der Waals surface area contributed by atoms with E-state index in [0.29, 0.717) is 32.5 Å². The van der Waals surface area contributed by atoms with Gasteiger partial charge in [0.1, 0.15) is 11.6 Å². The van der Waals surface area contributed by atoms with Crippen molar-refractivity contribution in [1.82, 2.24) is 4.90 Å². The number of amides is 1. The summed E-state index contributed by atoms with van der Waals surface area (Å²) in [6, 6.07) is 9.63. The number of benzene rings is 1. The molecule has 2 rings (SSSR count). The van der Waals surface area contributed by atoms with Crippen LogP contribution in [0, 0.1) is 17.2 Å². The fourth-order valence-corrected chi connectivity index (χ4v) is 2.90. The molecule has 0 spiro atoms. The molecule has 0 bridgehead atoms. The van der Waals surface area contributed by atoms with Crippen LogP contribution in [0.25, 0.3) is 0 Å². The largest absolute Gasteiger partial charge is 0.466 e. The van der Waals surface area contributed by atoms with Gasteiger partial charge in [-0.05, 0) is 44.0 Å². The van der Waals surface area contributed by atoms with Crippen LogP contribution in [0.5, 0.6) is 0 Å². The first-order valence-electron chi connectivity index (χ1n) is 9.06. The van der Waals surface area contributed by atoms with Crippen molar-refractivity contribution >= 4 is 23.3 Å². The summed E-state index contributed by atoms with van der Waals surface area (Å²) in [5.41, 5.74) is 1.90. The van der Waals surface area contributed by atoms with Gasteiger partial charge in [-0.15, -0.1) is 0 Å². The van der Waals surface area contributed by atoms with Crippen molar-refractivity contribution in [2.75, 3.05) is 44.0 Å². The number of nitriles is 1. The minimum absolute atomic E-state index is 0.0428. The van der Waals surface area contributed by atoms with Gasteiger partial charge in [0.05, 0.1) is 12.5 Å². The summed E-state index contributed by atoms with van der Waals surface area (Å²) in [6.07, 6.45) is 2.55. The van der Waals surface area contributed by atoms with Crippen LogP contribution in [0.1, 0.15) is 19.8 Å². The number of hydrogen-bond acceptors (Lipinski definition) is 6. The standard InChI is InChI=1S/C20H26N4O3/c1-4-27-20(26)15-9-11-24(12-10-15)19(25)16(13-21)14-22-17-5-7-18(8-6-17)23(2)3/h5-8,14-15,22H,4,9-12H2,1-3H3/b16-14-. The molecular formula is C20H26N4O3. The zero-order valence-corrected chi connectivity index (χ0v) is 16.1. The number of rotatable bonds is 6. The van der Waals surface area contributed by atoms with Crippen LogP contribution in [0.4, 0.5) is 11.4 Å². The van der Waals surface area contributed by atoms with E-state index in [4.69, 9.17) is 4.74 Å². The van der Waals surface area contributed by atoms with Gasteiger partial charge < -0.3 is 19.9 Å². The zero-order chi connectivity index (χ0) is 19.8. The molecule has 0 atom stereocenters. The number of carbonyl (C=O) groups is 2. The number of likely N-dealkylation sites (tertiary alicyclic amines) is 1. The molecular weight excluding hydrogens is 344 g/mol. The first-order chi connectivity index (χ1) is 13.0. The predicted octanol–water partition coefficient (Wildman–Crippen LogP) is 2.37. The molecule has 1 aromatic rings. The van der Waals surface area contributed by atoms with Crippen molar-refractivity contribution < 1.29 is 14.3 Å². The molecule has 1 amide bonds. The van der Waals surface area contributed by atoms with Gasteiger partial charge in [0.25, 0.3) is 5.91 Å². The predicted molar refractivity (Wildman–Crippen MR) is 104 cm³/mol. The number of ether oxygens (including phenoxy) is 1. The summed E-state index contributed by atoms with van der Waals surface area (Å²) in [5.74, 6) is -0.697. The summed E-state index contributed by atoms with van der Waals surface area (Å²) in [4.78, 5) is 28.0. The van der Waals surface area contributed by atoms with E-state index < -0.39 is 0 Å². The first-order valence-corrected chi connectivity index (χ1v) is 9.06. The molecule has 1 aliphatic heterocycles. The SMILES string of the molecule is CCOC(=O)C1CCN(C(=O)/C(C#N)=C\Nc2ccc(N(C)C)cc2)CC1. The minimum atomic E-state index is -0.322. The number of anilines is 2. The summed E-state index contributed by atoms with van der Waals surface area (Å²) < 4.78 is 5.04. The lowest BCUT2D eigenvalue weighted by molar-refractivity contribution is -0.150. The maximum atomic E-state index is 12.6. The second-order valence-corrected chi connectivity index (χ2v) is 6.57. The number of hydrogen-bond donors (Lipinski definition) is 1. The Bertz CT molecular complexity index is 727. The van der Waals surface area contributed by atoms with Crippen LogP contribution in [0.3, 0.4) is 0 Å². The third-order valence-corrected chi connectivity index (χ3v) is 4.52. The molecule has 1 fully saturated rings. The Morgan fingerprint density at radius 3 is 2.44 bits per heavy atom. The summed E-state index contributed by atoms with van der Waals surface area (Å²) in [7, 11) is 3.92. The second kappa shape index (κ2) is 9.62. The topological polar surface area (TPSA) is 85.7 Å². The Labute approximate surface area is 160 Å². The van der Waals surface area contributed by atoms with Crippen molar-refractivity contribution in [2.45, 2.75) is 19.8 Å². The zero-order valence-electron chi connectivity index (χ0n) is 16.1. The summed E-state index contributed by atoms with van der Waals surface area (Å²) >= 11 is 0. The van der Waals surface area contributed by atoms with Crippen molar-refractivity contribution in [3.8, 4) is 6.07 Å². The fourth-order valence-electron chi connectivity index (χ4n) is 2.90. The molecule has 1 aliphatic rings. The lowest BCUT2D eigenvalue weighted by Gasteiger charge is -2.30. The van der Waals surface area contributed by atoms with Gasteiger partial charge in [0, 0.05) is 44.8 Å². The molecule has 0 unspecified atom stereocenters. The highest BCUT2D eigenvalue weighted by atomic mass is 16.5. The molecule has 0 radical (unpaired) electrons. The van der Waals surface area contributed by atoms with Crippen LogP contribution in [-0.4, -0.2) is 50.6 Å². The summed E-state index contributed by atoms with van der Waals surface area (Å²) in [6.45, 7) is 3.03. The number of piperidine rings is 1. The lowest BCUT2D eigenvalue weighted by atomic mass is 9.96. The smallest absolute Gasteiger partial charge is 0.309 e. The third kappa shape index (κ3) is 5.48. The van der Waals surface area contributed by atoms with Crippen molar-refractivity contribution in [3.63, 3.8) is 0 Å². The van der Waals surface area contributed by atoms with Gasteiger partial charge in [0.2, 0.25) is 0 Å². The molecule has 1 N–H and O–H groups in total. The second-order valence-electron chi connectivity index (χ2n) is 6.57. The molecule has 7 nitrogen and oxygen atoms in total. The van der Waals surface area contributed by atoms with E-state index in [0.717, 1.165) is 11.4 Å². The molecule has 7 heteroatoms. The first kappa shape index (κ1) is 20.3. The van der Waals surface area contributed by atoms with Crippen LogP contribution >= 0.6 is 0 Å². The van der Waals surface area contributed by atoms with Crippen LogP contribution in [0.2, 0.25) is 0 Å². The maximum absolute atomic E-state index is 12.6. The Kier molecular flexibility index (Phi) is 7.24. The van der Waals surface area contributed by atoms with Gasteiger partial charge in [-0.25, -0.2) is 0 Å². The highest BCUT2D eigenvalue weighted by Crippen LogP contribution is 2.20. The molecule has 1 saturated heterocycles. The van der Waals surface area contributed by atoms with Crippen molar-refractivity contribution in [3.05, 3.63) is 36.0 Å². The highest BCUT2D eigenvalue weighted by molar-refractivity contribution is 5.97. The molecule has 27 heavy (non-hydrogen) atoms. The van der Waals surface area contributed by atoms with Gasteiger partial charge in [0.15, 0.2) is 0 Å². The van der Waals surface area contributed by atoms with Crippen LogP contribution in [0.15, 0.2) is 36.0 Å². The highest BCUT2D eigenvalue weighted by Gasteiger charge is 2.29. The molecule has 0 saturated carbocycles. The Hall–Kier alpha value is -3.01. The lowest BCUT2D eigenvalue weighted by Crippen LogP contribution is -2.41. The van der Waals surface area contributed by atoms with Gasteiger partial charge in [-0.2, -0.15) is 5.26 Å². The number of esters is 1. The van der Waals surface area contributed by atoms with Crippen molar-refractivity contribution in [2.24, 2.45) is 5.92 Å². The number of nitrogens with zero attached hydrogens (tertiary/aromatic N) is 3. The van der Waals surface area contributed by atoms with E-state index in [1.165, 1.54) is 6.20 Å². The van der Waals surface area contributed by atoms with Gasteiger partial charge >= 0.3 is 5.97 Å². The summed E-state index contributed by atoms with van der Waals surface area (Å²) in [5, 5.41) is 12.3. The average molecular weight is 370 g/mol.